The Morgan fingerprint density at radius 3 is 2.47 bits per heavy atom. The van der Waals surface area contributed by atoms with Gasteiger partial charge in [-0.2, -0.15) is 5.26 Å². The van der Waals surface area contributed by atoms with Crippen LogP contribution in [0.2, 0.25) is 19.6 Å². The van der Waals surface area contributed by atoms with Crippen molar-refractivity contribution in [3.05, 3.63) is 35.4 Å². The molecule has 0 bridgehead atoms. The summed E-state index contributed by atoms with van der Waals surface area (Å²) in [7, 11) is -0.0829. The van der Waals surface area contributed by atoms with Gasteiger partial charge in [0.1, 0.15) is 0 Å². The van der Waals surface area contributed by atoms with Crippen LogP contribution in [-0.4, -0.2) is 15.4 Å². The van der Waals surface area contributed by atoms with Crippen molar-refractivity contribution < 1.29 is 9.16 Å². The molecule has 0 N–H and O–H groups in total. The van der Waals surface area contributed by atoms with E-state index in [1.807, 2.05) is 24.3 Å². The maximum Gasteiger partial charge on any atom is 0.186 e. The third-order valence-corrected chi connectivity index (χ3v) is 3.17. The average molecular weight is 249 g/mol. The zero-order valence-corrected chi connectivity index (χ0v) is 11.9. The highest BCUT2D eigenvalue weighted by Crippen LogP contribution is 2.25. The summed E-state index contributed by atoms with van der Waals surface area (Å²) in [4.78, 5) is 0. The van der Waals surface area contributed by atoms with E-state index in [-0.39, 0.29) is 0 Å². The van der Waals surface area contributed by atoms with Gasteiger partial charge in [0.2, 0.25) is 0 Å². The largest absolute Gasteiger partial charge is 0.399 e. The van der Waals surface area contributed by atoms with Gasteiger partial charge < -0.3 is 9.16 Å². The van der Waals surface area contributed by atoms with Gasteiger partial charge in [0.05, 0.1) is 12.7 Å². The molecule has 17 heavy (non-hydrogen) atoms. The van der Waals surface area contributed by atoms with Gasteiger partial charge in [0, 0.05) is 7.11 Å². The molecule has 0 aliphatic heterocycles. The molecule has 0 aliphatic rings. The lowest BCUT2D eigenvalue weighted by Gasteiger charge is -2.23. The summed E-state index contributed by atoms with van der Waals surface area (Å²) in [6.45, 7) is 6.74. The summed E-state index contributed by atoms with van der Waals surface area (Å²) in [5.74, 6) is 0. The fraction of sp³-hybridized carbons (Fsp3) is 0.462. The van der Waals surface area contributed by atoms with E-state index in [1.54, 1.807) is 7.11 Å². The van der Waals surface area contributed by atoms with Gasteiger partial charge in [-0.3, -0.25) is 0 Å². The molecule has 1 atom stereocenters. The maximum absolute atomic E-state index is 9.24. The van der Waals surface area contributed by atoms with Crippen molar-refractivity contribution in [2.45, 2.75) is 32.4 Å². The van der Waals surface area contributed by atoms with E-state index >= 15 is 0 Å². The SMILES string of the molecule is COCc1ccccc1C(C#N)O[Si](C)(C)C. The number of methoxy groups -OCH3 is 1. The fourth-order valence-electron chi connectivity index (χ4n) is 1.59. The van der Waals surface area contributed by atoms with Crippen LogP contribution in [0.15, 0.2) is 24.3 Å². The van der Waals surface area contributed by atoms with Crippen LogP contribution in [0.3, 0.4) is 0 Å². The Morgan fingerprint density at radius 2 is 1.94 bits per heavy atom. The highest BCUT2D eigenvalue weighted by molar-refractivity contribution is 6.69. The summed E-state index contributed by atoms with van der Waals surface area (Å²) in [5, 5.41) is 9.24. The van der Waals surface area contributed by atoms with Crippen LogP contribution in [0.1, 0.15) is 17.2 Å². The van der Waals surface area contributed by atoms with Crippen LogP contribution in [0.5, 0.6) is 0 Å². The van der Waals surface area contributed by atoms with E-state index in [1.165, 1.54) is 0 Å². The molecular weight excluding hydrogens is 230 g/mol. The number of nitrogens with zero attached hydrogens (tertiary/aromatic N) is 1. The highest BCUT2D eigenvalue weighted by atomic mass is 28.4. The lowest BCUT2D eigenvalue weighted by atomic mass is 10.0. The Hall–Kier alpha value is -1.15. The predicted molar refractivity (Wildman–Crippen MR) is 69.9 cm³/mol. The van der Waals surface area contributed by atoms with Crippen LogP contribution in [0.25, 0.3) is 0 Å². The van der Waals surface area contributed by atoms with Gasteiger partial charge in [0.25, 0.3) is 0 Å². The Balaban J connectivity index is 3.00. The van der Waals surface area contributed by atoms with Crippen LogP contribution < -0.4 is 0 Å². The third-order valence-electron chi connectivity index (χ3n) is 2.23. The molecule has 0 spiro atoms. The lowest BCUT2D eigenvalue weighted by molar-refractivity contribution is 0.180. The van der Waals surface area contributed by atoms with Crippen LogP contribution in [0.4, 0.5) is 0 Å². The molecular formula is C13H19NO2Si. The van der Waals surface area contributed by atoms with E-state index in [2.05, 4.69) is 25.7 Å². The maximum atomic E-state index is 9.24. The second kappa shape index (κ2) is 5.96. The van der Waals surface area contributed by atoms with Gasteiger partial charge >= 0.3 is 0 Å². The van der Waals surface area contributed by atoms with Crippen LogP contribution >= 0.6 is 0 Å². The quantitative estimate of drug-likeness (QED) is 0.752. The van der Waals surface area contributed by atoms with E-state index in [0.29, 0.717) is 6.61 Å². The minimum Gasteiger partial charge on any atom is -0.399 e. The smallest absolute Gasteiger partial charge is 0.186 e. The molecule has 0 heterocycles. The van der Waals surface area contributed by atoms with Crippen molar-refractivity contribution in [2.75, 3.05) is 7.11 Å². The Kier molecular flexibility index (Phi) is 4.88. The van der Waals surface area contributed by atoms with E-state index in [4.69, 9.17) is 9.16 Å². The number of benzene rings is 1. The van der Waals surface area contributed by atoms with Crippen molar-refractivity contribution in [1.82, 2.24) is 0 Å². The first-order valence-electron chi connectivity index (χ1n) is 5.62. The molecule has 1 aromatic rings. The van der Waals surface area contributed by atoms with Gasteiger partial charge in [0.15, 0.2) is 14.4 Å². The second-order valence-electron chi connectivity index (χ2n) is 4.87. The van der Waals surface area contributed by atoms with Crippen molar-refractivity contribution in [1.29, 1.82) is 5.26 Å². The molecule has 0 amide bonds. The summed E-state index contributed by atoms with van der Waals surface area (Å²) in [6.07, 6.45) is -0.493. The molecule has 0 saturated heterocycles. The van der Waals surface area contributed by atoms with E-state index in [9.17, 15) is 5.26 Å². The molecule has 0 aliphatic carbocycles. The first kappa shape index (κ1) is 13.9. The van der Waals surface area contributed by atoms with Crippen LogP contribution in [0, 0.1) is 11.3 Å². The average Bonchev–Trinajstić information content (AvgIpc) is 2.26. The predicted octanol–water partition coefficient (Wildman–Crippen LogP) is 3.25. The van der Waals surface area contributed by atoms with Gasteiger partial charge in [-0.15, -0.1) is 0 Å². The molecule has 0 fully saturated rings. The van der Waals surface area contributed by atoms with Crippen LogP contribution in [-0.2, 0) is 15.8 Å². The molecule has 1 rings (SSSR count). The first-order valence-corrected chi connectivity index (χ1v) is 9.03. The highest BCUT2D eigenvalue weighted by Gasteiger charge is 2.23. The number of nitriles is 1. The van der Waals surface area contributed by atoms with Gasteiger partial charge in [-0.05, 0) is 30.8 Å². The monoisotopic (exact) mass is 249 g/mol. The van der Waals surface area contributed by atoms with Gasteiger partial charge in [-0.1, -0.05) is 24.3 Å². The van der Waals surface area contributed by atoms with Gasteiger partial charge in [-0.25, -0.2) is 0 Å². The molecule has 1 unspecified atom stereocenters. The molecule has 1 aromatic carbocycles. The fourth-order valence-corrected chi connectivity index (χ4v) is 2.48. The third kappa shape index (κ3) is 4.31. The Bertz CT molecular complexity index is 407. The molecule has 0 saturated carbocycles. The Labute approximate surface area is 104 Å². The minimum atomic E-state index is -1.73. The molecule has 4 heteroatoms. The summed E-state index contributed by atoms with van der Waals surface area (Å²) < 4.78 is 11.0. The van der Waals surface area contributed by atoms with E-state index in [0.717, 1.165) is 11.1 Å². The molecule has 0 aromatic heterocycles. The molecule has 0 radical (unpaired) electrons. The van der Waals surface area contributed by atoms with Crippen molar-refractivity contribution in [3.63, 3.8) is 0 Å². The number of hydrogen-bond acceptors (Lipinski definition) is 3. The lowest BCUT2D eigenvalue weighted by Crippen LogP contribution is -2.27. The second-order valence-corrected chi connectivity index (χ2v) is 9.33. The standard InChI is InChI=1S/C13H19NO2Si/c1-15-10-11-7-5-6-8-12(11)13(9-14)16-17(2,3)4/h5-8,13H,10H2,1-4H3. The topological polar surface area (TPSA) is 42.2 Å². The molecule has 92 valence electrons. The zero-order valence-electron chi connectivity index (χ0n) is 10.9. The summed E-state index contributed by atoms with van der Waals surface area (Å²) in [5.41, 5.74) is 1.93. The number of rotatable bonds is 5. The Morgan fingerprint density at radius 1 is 1.29 bits per heavy atom. The first-order chi connectivity index (χ1) is 7.98. The number of ether oxygens (including phenoxy) is 1. The van der Waals surface area contributed by atoms with Crippen molar-refractivity contribution in [3.8, 4) is 6.07 Å². The number of hydrogen-bond donors (Lipinski definition) is 0. The van der Waals surface area contributed by atoms with Crippen molar-refractivity contribution >= 4 is 8.32 Å². The summed E-state index contributed by atoms with van der Waals surface area (Å²) in [6, 6.07) is 10.0. The van der Waals surface area contributed by atoms with Crippen molar-refractivity contribution in [2.24, 2.45) is 0 Å². The zero-order chi connectivity index (χ0) is 12.9. The summed E-state index contributed by atoms with van der Waals surface area (Å²) >= 11 is 0. The van der Waals surface area contributed by atoms with E-state index < -0.39 is 14.4 Å². The molecule has 3 nitrogen and oxygen atoms in total. The normalized spacial score (nSPS) is 13.1. The minimum absolute atomic E-state index is 0.493.